The molecule has 2 amide bonds. The zero-order chi connectivity index (χ0) is 17.6. The highest BCUT2D eigenvalue weighted by molar-refractivity contribution is 7.80. The lowest BCUT2D eigenvalue weighted by molar-refractivity contribution is -0.0316. The van der Waals surface area contributed by atoms with E-state index in [0.29, 0.717) is 22.9 Å². The average Bonchev–Trinajstić information content (AvgIpc) is 3.00. The Morgan fingerprint density at radius 1 is 1.58 bits per heavy atom. The monoisotopic (exact) mass is 360 g/mol. The molecule has 132 valence electrons. The van der Waals surface area contributed by atoms with Gasteiger partial charge in [-0.05, 0) is 6.92 Å². The Balaban J connectivity index is 2.12. The van der Waals surface area contributed by atoms with E-state index in [2.05, 4.69) is 14.4 Å². The molecule has 0 aliphatic carbocycles. The number of hydrogen-bond donors (Lipinski definition) is 3. The molecule has 13 heteroatoms. The quantitative estimate of drug-likeness (QED) is 0.278. The van der Waals surface area contributed by atoms with E-state index in [1.165, 1.54) is 15.8 Å². The number of urea groups is 1. The van der Waals surface area contributed by atoms with Crippen molar-refractivity contribution >= 4 is 22.3 Å². The number of fused-ring (bicyclic) bond motifs is 4. The first-order chi connectivity index (χ1) is 11.3. The van der Waals surface area contributed by atoms with Crippen molar-refractivity contribution in [1.29, 1.82) is 0 Å². The highest BCUT2D eigenvalue weighted by Crippen LogP contribution is 2.44. The largest absolute Gasteiger partial charge is 0.418 e. The molecule has 1 aromatic rings. The minimum atomic E-state index is -4.87. The second-order valence-electron chi connectivity index (χ2n) is 5.26. The van der Waals surface area contributed by atoms with Crippen molar-refractivity contribution < 1.29 is 27.3 Å². The highest BCUT2D eigenvalue weighted by atomic mass is 32.3. The summed E-state index contributed by atoms with van der Waals surface area (Å²) in [5, 5.41) is 14.1. The fourth-order valence-electron chi connectivity index (χ4n) is 3.06. The Morgan fingerprint density at radius 2 is 2.29 bits per heavy atom. The number of nitrogens with one attached hydrogen (secondary N) is 1. The average molecular weight is 360 g/mol. The van der Waals surface area contributed by atoms with Crippen LogP contribution in [0.4, 0.5) is 4.79 Å². The van der Waals surface area contributed by atoms with Crippen LogP contribution in [0.2, 0.25) is 0 Å². The Labute approximate surface area is 137 Å². The zero-order valence-corrected chi connectivity index (χ0v) is 13.6. The van der Waals surface area contributed by atoms with Crippen LogP contribution < -0.4 is 5.48 Å². The summed E-state index contributed by atoms with van der Waals surface area (Å²) >= 11 is 0. The van der Waals surface area contributed by atoms with Gasteiger partial charge in [0.25, 0.3) is 0 Å². The number of aromatic nitrogens is 2. The van der Waals surface area contributed by atoms with Crippen LogP contribution in [0, 0.1) is 0 Å². The van der Waals surface area contributed by atoms with Crippen LogP contribution in [0.25, 0.3) is 0 Å². The maximum absolute atomic E-state index is 12.5. The Kier molecular flexibility index (Phi) is 3.95. The maximum Gasteiger partial charge on any atom is 0.418 e. The minimum absolute atomic E-state index is 0.0854. The molecule has 1 fully saturated rings. The van der Waals surface area contributed by atoms with Crippen molar-refractivity contribution in [2.75, 3.05) is 13.1 Å². The van der Waals surface area contributed by atoms with Crippen LogP contribution in [0.5, 0.6) is 0 Å². The van der Waals surface area contributed by atoms with Gasteiger partial charge in [-0.15, -0.1) is 4.28 Å². The summed E-state index contributed by atoms with van der Waals surface area (Å²) in [5.74, 6) is 0.114. The lowest BCUT2D eigenvalue weighted by atomic mass is 9.97. The number of rotatable bonds is 4. The molecule has 2 atom stereocenters. The number of carbonyl (C=O) groups is 1. The van der Waals surface area contributed by atoms with Crippen LogP contribution in [0.15, 0.2) is 11.2 Å². The van der Waals surface area contributed by atoms with Crippen molar-refractivity contribution in [3.8, 4) is 0 Å². The molecule has 0 unspecified atom stereocenters. The molecule has 3 rings (SSSR count). The first-order valence-electron chi connectivity index (χ1n) is 7.01. The van der Waals surface area contributed by atoms with Gasteiger partial charge in [0.1, 0.15) is 17.9 Å². The van der Waals surface area contributed by atoms with Gasteiger partial charge in [-0.2, -0.15) is 18.6 Å². The van der Waals surface area contributed by atoms with Crippen LogP contribution in [-0.4, -0.2) is 62.9 Å². The van der Waals surface area contributed by atoms with Gasteiger partial charge in [0, 0.05) is 19.2 Å². The molecule has 24 heavy (non-hydrogen) atoms. The summed E-state index contributed by atoms with van der Waals surface area (Å²) in [6.45, 7) is 2.19. The molecule has 1 saturated heterocycles. The van der Waals surface area contributed by atoms with Gasteiger partial charge in [0.2, 0.25) is 0 Å². The second kappa shape index (κ2) is 5.70. The Morgan fingerprint density at radius 3 is 2.88 bits per heavy atom. The maximum atomic E-state index is 12.5. The molecule has 2 bridgehead atoms. The number of hydroxylamine groups is 3. The van der Waals surface area contributed by atoms with Gasteiger partial charge in [-0.3, -0.25) is 24.9 Å². The van der Waals surface area contributed by atoms with Gasteiger partial charge in [0.05, 0.1) is 18.4 Å². The highest BCUT2D eigenvalue weighted by Gasteiger charge is 2.53. The minimum Gasteiger partial charge on any atom is -0.304 e. The number of amidine groups is 1. The molecular formula is C11H16N6O6S. The van der Waals surface area contributed by atoms with E-state index in [1.807, 2.05) is 5.48 Å². The van der Waals surface area contributed by atoms with Gasteiger partial charge in [-0.1, -0.05) is 0 Å². The number of aryl methyl sites for hydroxylation is 1. The molecule has 3 N–H and O–H groups in total. The summed E-state index contributed by atoms with van der Waals surface area (Å²) in [6, 6.07) is -2.34. The summed E-state index contributed by atoms with van der Waals surface area (Å²) in [7, 11) is -3.22. The van der Waals surface area contributed by atoms with Crippen molar-refractivity contribution in [1.82, 2.24) is 25.2 Å². The molecule has 0 radical (unpaired) electrons. The zero-order valence-electron chi connectivity index (χ0n) is 12.8. The SMILES string of the molecule is CCN=C(NO)[C@@H]1c2c(cnn2C)[C@H]2CN1C(=O)N2OS(=O)(=O)O. The van der Waals surface area contributed by atoms with Gasteiger partial charge in [-0.25, -0.2) is 4.79 Å². The van der Waals surface area contributed by atoms with Crippen LogP contribution >= 0.6 is 0 Å². The van der Waals surface area contributed by atoms with E-state index < -0.39 is 28.5 Å². The molecule has 3 heterocycles. The molecule has 12 nitrogen and oxygen atoms in total. The number of carbonyl (C=O) groups excluding carboxylic acids is 1. The van der Waals surface area contributed by atoms with Crippen molar-refractivity contribution in [2.24, 2.45) is 12.0 Å². The van der Waals surface area contributed by atoms with Crippen molar-refractivity contribution in [3.63, 3.8) is 0 Å². The third-order valence-electron chi connectivity index (χ3n) is 3.91. The van der Waals surface area contributed by atoms with E-state index >= 15 is 0 Å². The predicted molar refractivity (Wildman–Crippen MR) is 78.2 cm³/mol. The van der Waals surface area contributed by atoms with Crippen molar-refractivity contribution in [2.45, 2.75) is 19.0 Å². The fraction of sp³-hybridized carbons (Fsp3) is 0.545. The van der Waals surface area contributed by atoms with Gasteiger partial charge in [0.15, 0.2) is 0 Å². The van der Waals surface area contributed by atoms with E-state index in [1.54, 1.807) is 14.0 Å². The van der Waals surface area contributed by atoms with Gasteiger partial charge >= 0.3 is 16.4 Å². The first-order valence-corrected chi connectivity index (χ1v) is 8.38. The lowest BCUT2D eigenvalue weighted by Gasteiger charge is -2.31. The van der Waals surface area contributed by atoms with Crippen LogP contribution in [0.3, 0.4) is 0 Å². The van der Waals surface area contributed by atoms with E-state index in [4.69, 9.17) is 4.55 Å². The lowest BCUT2D eigenvalue weighted by Crippen LogP contribution is -2.43. The third-order valence-corrected chi connectivity index (χ3v) is 4.26. The molecule has 0 saturated carbocycles. The Bertz CT molecular complexity index is 804. The molecule has 0 spiro atoms. The third kappa shape index (κ3) is 2.50. The van der Waals surface area contributed by atoms with Crippen molar-refractivity contribution in [3.05, 3.63) is 17.5 Å². The Hall–Kier alpha value is -2.22. The van der Waals surface area contributed by atoms with Crippen LogP contribution in [-0.2, 0) is 21.7 Å². The smallest absolute Gasteiger partial charge is 0.304 e. The van der Waals surface area contributed by atoms with E-state index in [9.17, 15) is 18.4 Å². The number of nitrogens with zero attached hydrogens (tertiary/aromatic N) is 5. The first kappa shape index (κ1) is 16.6. The summed E-state index contributed by atoms with van der Waals surface area (Å²) in [6.07, 6.45) is 1.48. The molecule has 2 aliphatic heterocycles. The number of amides is 2. The topological polar surface area (TPSA) is 150 Å². The normalized spacial score (nSPS) is 23.7. The summed E-state index contributed by atoms with van der Waals surface area (Å²) in [5.41, 5.74) is 3.07. The standard InChI is InChI=1S/C11H16N6O6S/c1-3-12-10(14-19)9-8-6(4-13-15(8)2)7-5-16(9)11(18)17(7)23-24(20,21)22/h4,7,9,19H,3,5H2,1-2H3,(H,12,14)(H,20,21,22)/t7-,9+/m1/s1. The molecule has 2 aliphatic rings. The van der Waals surface area contributed by atoms with E-state index in [-0.39, 0.29) is 12.4 Å². The van der Waals surface area contributed by atoms with Crippen LogP contribution in [0.1, 0.15) is 30.3 Å². The molecule has 1 aromatic heterocycles. The molecule has 0 aromatic carbocycles. The number of aliphatic imine (C=N–C) groups is 1. The fourth-order valence-corrected chi connectivity index (χ4v) is 3.43. The number of hydrogen-bond acceptors (Lipinski definition) is 7. The van der Waals surface area contributed by atoms with Gasteiger partial charge < -0.3 is 4.90 Å². The predicted octanol–water partition coefficient (Wildman–Crippen LogP) is -0.615. The molecular weight excluding hydrogens is 344 g/mol. The summed E-state index contributed by atoms with van der Waals surface area (Å²) < 4.78 is 36.9. The summed E-state index contributed by atoms with van der Waals surface area (Å²) in [4.78, 5) is 17.9. The van der Waals surface area contributed by atoms with E-state index in [0.717, 1.165) is 0 Å². The second-order valence-corrected chi connectivity index (χ2v) is 6.27.